The number of hydrogen-bond donors (Lipinski definition) is 0. The molecule has 1 atom stereocenters. The molecule has 10 rings (SSSR count). The van der Waals surface area contributed by atoms with Crippen molar-refractivity contribution in [3.8, 4) is 16.8 Å². The van der Waals surface area contributed by atoms with Gasteiger partial charge in [-0.25, -0.2) is 0 Å². The number of anilines is 2. The largest absolute Gasteiger partial charge is 0.311 e. The number of para-hydroxylation sites is 3. The van der Waals surface area contributed by atoms with Gasteiger partial charge in [0.15, 0.2) is 0 Å². The average molecular weight is 693 g/mol. The Morgan fingerprint density at radius 1 is 0.500 bits per heavy atom. The van der Waals surface area contributed by atoms with E-state index in [1.54, 1.807) is 0 Å². The molecule has 54 heavy (non-hydrogen) atoms. The molecular formula is C52H40N2. The lowest BCUT2D eigenvalue weighted by molar-refractivity contribution is 0.831. The van der Waals surface area contributed by atoms with Gasteiger partial charge in [-0.1, -0.05) is 152 Å². The van der Waals surface area contributed by atoms with Crippen LogP contribution in [0.3, 0.4) is 0 Å². The Hall–Kier alpha value is -6.64. The van der Waals surface area contributed by atoms with Gasteiger partial charge >= 0.3 is 0 Å². The molecule has 2 heteroatoms. The van der Waals surface area contributed by atoms with E-state index >= 15 is 0 Å². The van der Waals surface area contributed by atoms with Gasteiger partial charge in [-0.05, 0) is 106 Å². The third kappa shape index (κ3) is 5.68. The Balaban J connectivity index is 1.02. The molecule has 2 nitrogen and oxygen atoms in total. The third-order valence-corrected chi connectivity index (χ3v) is 11.2. The van der Waals surface area contributed by atoms with Gasteiger partial charge in [0, 0.05) is 39.4 Å². The number of allylic oxidation sites excluding steroid dienone is 3. The van der Waals surface area contributed by atoms with Gasteiger partial charge in [0.2, 0.25) is 0 Å². The highest BCUT2D eigenvalue weighted by molar-refractivity contribution is 6.09. The van der Waals surface area contributed by atoms with Crippen LogP contribution in [0, 0.1) is 0 Å². The summed E-state index contributed by atoms with van der Waals surface area (Å²) in [6.45, 7) is 0. The van der Waals surface area contributed by atoms with E-state index in [-0.39, 0.29) is 5.92 Å². The van der Waals surface area contributed by atoms with Crippen molar-refractivity contribution in [3.63, 3.8) is 0 Å². The smallest absolute Gasteiger partial charge is 0.0541 e. The molecular weight excluding hydrogens is 653 g/mol. The first kappa shape index (κ1) is 32.0. The minimum Gasteiger partial charge on any atom is -0.311 e. The molecule has 0 fully saturated rings. The summed E-state index contributed by atoms with van der Waals surface area (Å²) in [5.41, 5.74) is 13.7. The lowest BCUT2D eigenvalue weighted by atomic mass is 9.89. The molecule has 1 unspecified atom stereocenters. The van der Waals surface area contributed by atoms with Crippen molar-refractivity contribution >= 4 is 44.8 Å². The van der Waals surface area contributed by atoms with Crippen LogP contribution >= 0.6 is 0 Å². The molecule has 1 heterocycles. The summed E-state index contributed by atoms with van der Waals surface area (Å²) >= 11 is 0. The summed E-state index contributed by atoms with van der Waals surface area (Å²) in [5, 5.41) is 5.27. The molecule has 0 amide bonds. The van der Waals surface area contributed by atoms with Crippen LogP contribution < -0.4 is 15.3 Å². The highest BCUT2D eigenvalue weighted by atomic mass is 15.1. The number of fused-ring (bicyclic) bond motifs is 4. The minimum absolute atomic E-state index is 0.245. The molecule has 0 radical (unpaired) electrons. The topological polar surface area (TPSA) is 8.17 Å². The second-order valence-corrected chi connectivity index (χ2v) is 14.4. The fourth-order valence-electron chi connectivity index (χ4n) is 8.64. The number of benzene rings is 7. The van der Waals surface area contributed by atoms with Gasteiger partial charge < -0.3 is 9.47 Å². The Labute approximate surface area is 316 Å². The number of aromatic nitrogens is 1. The van der Waals surface area contributed by atoms with Crippen LogP contribution in [0.25, 0.3) is 50.3 Å². The van der Waals surface area contributed by atoms with Crippen molar-refractivity contribution in [2.75, 3.05) is 4.90 Å². The van der Waals surface area contributed by atoms with Crippen molar-refractivity contribution in [3.05, 3.63) is 221 Å². The van der Waals surface area contributed by atoms with Gasteiger partial charge in [-0.15, -0.1) is 0 Å². The van der Waals surface area contributed by atoms with Crippen LogP contribution in [0.1, 0.15) is 36.3 Å². The van der Waals surface area contributed by atoms with E-state index < -0.39 is 0 Å². The van der Waals surface area contributed by atoms with E-state index in [2.05, 4.69) is 210 Å². The standard InChI is InChI=1S/C52H40N2/c1-2-13-37(14-3-1)38-25-31-42(32-26-38)53(43-33-27-40(28-34-43)46-21-12-16-39-15-4-5-17-45(39)46)44-35-29-41(30-36-44)47-18-6-9-22-50(47)54-51-23-10-7-19-48(51)49-20-8-11-24-52(49)54/h1-11,13-20,22-29,31-36,41H,12,21,30H2. The van der Waals surface area contributed by atoms with Crippen LogP contribution in [0.15, 0.2) is 200 Å². The number of hydrogen-bond acceptors (Lipinski definition) is 1. The molecule has 1 aromatic heterocycles. The highest BCUT2D eigenvalue weighted by Gasteiger charge is 2.22. The predicted molar refractivity (Wildman–Crippen MR) is 228 cm³/mol. The van der Waals surface area contributed by atoms with Crippen molar-refractivity contribution in [1.29, 1.82) is 0 Å². The van der Waals surface area contributed by atoms with Gasteiger partial charge in [-0.2, -0.15) is 0 Å². The van der Waals surface area contributed by atoms with E-state index in [4.69, 9.17) is 0 Å². The van der Waals surface area contributed by atoms with Crippen LogP contribution in [-0.4, -0.2) is 4.57 Å². The Morgan fingerprint density at radius 2 is 1.09 bits per heavy atom. The van der Waals surface area contributed by atoms with Crippen molar-refractivity contribution in [2.45, 2.75) is 25.2 Å². The van der Waals surface area contributed by atoms with E-state index in [1.807, 2.05) is 0 Å². The second-order valence-electron chi connectivity index (χ2n) is 14.4. The van der Waals surface area contributed by atoms with Crippen LogP contribution in [0.4, 0.5) is 11.4 Å². The summed E-state index contributed by atoms with van der Waals surface area (Å²) in [4.78, 5) is 2.41. The van der Waals surface area contributed by atoms with Crippen LogP contribution in [0.2, 0.25) is 0 Å². The van der Waals surface area contributed by atoms with E-state index in [9.17, 15) is 0 Å². The molecule has 0 aliphatic heterocycles. The summed E-state index contributed by atoms with van der Waals surface area (Å²) in [5.74, 6) is 0.245. The van der Waals surface area contributed by atoms with E-state index in [0.29, 0.717) is 0 Å². The molecule has 0 saturated carbocycles. The molecule has 0 spiro atoms. The van der Waals surface area contributed by atoms with Crippen molar-refractivity contribution in [2.24, 2.45) is 0 Å². The first-order valence-corrected chi connectivity index (χ1v) is 19.1. The third-order valence-electron chi connectivity index (χ3n) is 11.2. The zero-order valence-corrected chi connectivity index (χ0v) is 30.1. The molecule has 8 aromatic rings. The maximum atomic E-state index is 2.45. The lowest BCUT2D eigenvalue weighted by Gasteiger charge is -2.30. The average Bonchev–Trinajstić information content (AvgIpc) is 3.59. The summed E-state index contributed by atoms with van der Waals surface area (Å²) in [6.07, 6.45) is 12.6. The number of rotatable bonds is 7. The Kier molecular flexibility index (Phi) is 8.15. The van der Waals surface area contributed by atoms with Crippen LogP contribution in [0.5, 0.6) is 0 Å². The normalized spacial score (nSPS) is 15.1. The molecule has 7 aromatic carbocycles. The molecule has 0 N–H and O–H groups in total. The van der Waals surface area contributed by atoms with Gasteiger partial charge in [0.25, 0.3) is 0 Å². The summed E-state index contributed by atoms with van der Waals surface area (Å²) in [7, 11) is 0. The summed E-state index contributed by atoms with van der Waals surface area (Å²) < 4.78 is 2.45. The molecule has 0 bridgehead atoms. The first-order chi connectivity index (χ1) is 26.8. The van der Waals surface area contributed by atoms with Gasteiger partial charge in [-0.3, -0.25) is 0 Å². The highest BCUT2D eigenvalue weighted by Crippen LogP contribution is 2.40. The molecule has 2 aliphatic rings. The quantitative estimate of drug-likeness (QED) is 0.161. The molecule has 0 saturated heterocycles. The van der Waals surface area contributed by atoms with Gasteiger partial charge in [0.1, 0.15) is 0 Å². The van der Waals surface area contributed by atoms with Gasteiger partial charge in [0.05, 0.1) is 11.0 Å². The predicted octanol–water partition coefficient (Wildman–Crippen LogP) is 12.0. The zero-order chi connectivity index (χ0) is 35.8. The van der Waals surface area contributed by atoms with E-state index in [1.165, 1.54) is 71.5 Å². The Bertz CT molecular complexity index is 2780. The van der Waals surface area contributed by atoms with Crippen LogP contribution in [-0.2, 0) is 0 Å². The second kappa shape index (κ2) is 13.7. The van der Waals surface area contributed by atoms with E-state index in [0.717, 1.165) is 30.6 Å². The first-order valence-electron chi connectivity index (χ1n) is 19.1. The molecule has 2 aliphatic carbocycles. The number of nitrogens with zero attached hydrogens (tertiary/aromatic N) is 2. The monoisotopic (exact) mass is 692 g/mol. The maximum Gasteiger partial charge on any atom is 0.0541 e. The van der Waals surface area contributed by atoms with Crippen molar-refractivity contribution < 1.29 is 0 Å². The SMILES string of the molecule is C1=CC(c2ccccc2-n2c3ccccc3c3ccccc32)CC=C1N(c1ccc(C2=c3ccccc3=CCC2)cc1)c1ccc(-c2ccccc2)cc1. The maximum absolute atomic E-state index is 2.45. The fraction of sp³-hybridized carbons (Fsp3) is 0.0769. The molecule has 258 valence electrons. The fourth-order valence-corrected chi connectivity index (χ4v) is 8.64. The zero-order valence-electron chi connectivity index (χ0n) is 30.1. The van der Waals surface area contributed by atoms with Crippen molar-refractivity contribution in [1.82, 2.24) is 4.57 Å². The summed E-state index contributed by atoms with van der Waals surface area (Å²) in [6, 6.07) is 64.2. The Morgan fingerprint density at radius 3 is 1.80 bits per heavy atom. The lowest BCUT2D eigenvalue weighted by Crippen LogP contribution is -2.29. The minimum atomic E-state index is 0.245.